The van der Waals surface area contributed by atoms with Crippen molar-refractivity contribution in [2.45, 2.75) is 13.5 Å². The standard InChI is InChI=1S/C15H15BrClNO/c1-10-7-12(16)3-5-14(10)19-15-6-4-13(17)8-11(15)9-18-2/h3-8,18H,9H2,1-2H3. The zero-order valence-corrected chi connectivity index (χ0v) is 13.2. The molecule has 0 amide bonds. The number of halogens is 2. The average molecular weight is 341 g/mol. The van der Waals surface area contributed by atoms with Gasteiger partial charge in [0.15, 0.2) is 0 Å². The molecular weight excluding hydrogens is 326 g/mol. The van der Waals surface area contributed by atoms with Gasteiger partial charge < -0.3 is 10.1 Å². The van der Waals surface area contributed by atoms with Gasteiger partial charge in [-0.1, -0.05) is 27.5 Å². The first-order chi connectivity index (χ1) is 9.10. The highest BCUT2D eigenvalue weighted by Gasteiger charge is 2.07. The van der Waals surface area contributed by atoms with Gasteiger partial charge in [0, 0.05) is 21.6 Å². The highest BCUT2D eigenvalue weighted by atomic mass is 79.9. The van der Waals surface area contributed by atoms with E-state index in [1.54, 1.807) is 0 Å². The lowest BCUT2D eigenvalue weighted by Crippen LogP contribution is -2.06. The van der Waals surface area contributed by atoms with Gasteiger partial charge in [-0.25, -0.2) is 0 Å². The number of hydrogen-bond donors (Lipinski definition) is 1. The number of ether oxygens (including phenoxy) is 1. The van der Waals surface area contributed by atoms with E-state index in [-0.39, 0.29) is 0 Å². The second-order valence-electron chi connectivity index (χ2n) is 4.29. The summed E-state index contributed by atoms with van der Waals surface area (Å²) in [5.41, 5.74) is 2.12. The molecule has 4 heteroatoms. The fraction of sp³-hybridized carbons (Fsp3) is 0.200. The number of hydrogen-bond acceptors (Lipinski definition) is 2. The monoisotopic (exact) mass is 339 g/mol. The van der Waals surface area contributed by atoms with Crippen LogP contribution in [0.3, 0.4) is 0 Å². The van der Waals surface area contributed by atoms with E-state index in [0.717, 1.165) is 27.1 Å². The molecule has 2 aromatic carbocycles. The van der Waals surface area contributed by atoms with Crippen LogP contribution in [0.25, 0.3) is 0 Å². The number of aryl methyl sites for hydroxylation is 1. The van der Waals surface area contributed by atoms with Gasteiger partial charge in [0.25, 0.3) is 0 Å². The molecule has 2 aromatic rings. The van der Waals surface area contributed by atoms with E-state index in [4.69, 9.17) is 16.3 Å². The van der Waals surface area contributed by atoms with E-state index >= 15 is 0 Å². The maximum absolute atomic E-state index is 6.02. The SMILES string of the molecule is CNCc1cc(Cl)ccc1Oc1ccc(Br)cc1C. The zero-order chi connectivity index (χ0) is 13.8. The summed E-state index contributed by atoms with van der Waals surface area (Å²) >= 11 is 9.47. The molecule has 0 aliphatic heterocycles. The number of rotatable bonds is 4. The van der Waals surface area contributed by atoms with Crippen molar-refractivity contribution >= 4 is 27.5 Å². The van der Waals surface area contributed by atoms with Crippen LogP contribution in [0.4, 0.5) is 0 Å². The largest absolute Gasteiger partial charge is 0.457 e. The molecule has 1 N–H and O–H groups in total. The predicted octanol–water partition coefficient (Wildman–Crippen LogP) is 4.92. The second kappa shape index (κ2) is 6.42. The van der Waals surface area contributed by atoms with Crippen LogP contribution in [0.1, 0.15) is 11.1 Å². The van der Waals surface area contributed by atoms with Gasteiger partial charge in [0.1, 0.15) is 11.5 Å². The molecule has 100 valence electrons. The summed E-state index contributed by atoms with van der Waals surface area (Å²) in [6, 6.07) is 11.6. The predicted molar refractivity (Wildman–Crippen MR) is 83.2 cm³/mol. The lowest BCUT2D eigenvalue weighted by Gasteiger charge is -2.13. The minimum atomic E-state index is 0.713. The summed E-state index contributed by atoms with van der Waals surface area (Å²) in [5.74, 6) is 1.67. The van der Waals surface area contributed by atoms with Crippen LogP contribution < -0.4 is 10.1 Å². The molecule has 0 fully saturated rings. The molecule has 2 rings (SSSR count). The molecule has 0 aliphatic carbocycles. The average Bonchev–Trinajstić information content (AvgIpc) is 2.36. The molecule has 0 unspecified atom stereocenters. The topological polar surface area (TPSA) is 21.3 Å². The van der Waals surface area contributed by atoms with Crippen LogP contribution in [0.2, 0.25) is 5.02 Å². The van der Waals surface area contributed by atoms with Gasteiger partial charge in [-0.2, -0.15) is 0 Å². The molecule has 0 bridgehead atoms. The van der Waals surface area contributed by atoms with E-state index in [1.165, 1.54) is 0 Å². The fourth-order valence-corrected chi connectivity index (χ4v) is 2.49. The Morgan fingerprint density at radius 2 is 1.89 bits per heavy atom. The van der Waals surface area contributed by atoms with Gasteiger partial charge in [0.05, 0.1) is 0 Å². The third-order valence-corrected chi connectivity index (χ3v) is 3.48. The van der Waals surface area contributed by atoms with E-state index < -0.39 is 0 Å². The van der Waals surface area contributed by atoms with Crippen molar-refractivity contribution in [2.24, 2.45) is 0 Å². The Kier molecular flexibility index (Phi) is 4.86. The van der Waals surface area contributed by atoms with E-state index in [0.29, 0.717) is 11.6 Å². The van der Waals surface area contributed by atoms with Crippen LogP contribution in [-0.4, -0.2) is 7.05 Å². The Balaban J connectivity index is 2.32. The Morgan fingerprint density at radius 1 is 1.16 bits per heavy atom. The summed E-state index contributed by atoms with van der Waals surface area (Å²) in [6.07, 6.45) is 0. The van der Waals surface area contributed by atoms with Gasteiger partial charge in [-0.3, -0.25) is 0 Å². The van der Waals surface area contributed by atoms with Crippen molar-refractivity contribution in [1.29, 1.82) is 0 Å². The summed E-state index contributed by atoms with van der Waals surface area (Å²) in [4.78, 5) is 0. The molecular formula is C15H15BrClNO. The maximum atomic E-state index is 6.02. The van der Waals surface area contributed by atoms with Crippen LogP contribution in [0.5, 0.6) is 11.5 Å². The Morgan fingerprint density at radius 3 is 2.58 bits per heavy atom. The van der Waals surface area contributed by atoms with Gasteiger partial charge in [-0.15, -0.1) is 0 Å². The smallest absolute Gasteiger partial charge is 0.132 e. The molecule has 0 aromatic heterocycles. The quantitative estimate of drug-likeness (QED) is 0.852. The van der Waals surface area contributed by atoms with Gasteiger partial charge in [0.2, 0.25) is 0 Å². The van der Waals surface area contributed by atoms with Crippen molar-refractivity contribution in [2.75, 3.05) is 7.05 Å². The Bertz CT molecular complexity index is 586. The molecule has 0 saturated heterocycles. The molecule has 2 nitrogen and oxygen atoms in total. The molecule has 0 atom stereocenters. The second-order valence-corrected chi connectivity index (χ2v) is 5.65. The maximum Gasteiger partial charge on any atom is 0.132 e. The first kappa shape index (κ1) is 14.4. The van der Waals surface area contributed by atoms with E-state index in [2.05, 4.69) is 21.2 Å². The Labute approximate surface area is 126 Å². The minimum absolute atomic E-state index is 0.713. The summed E-state index contributed by atoms with van der Waals surface area (Å²) in [6.45, 7) is 2.74. The summed E-state index contributed by atoms with van der Waals surface area (Å²) in [7, 11) is 1.90. The van der Waals surface area contributed by atoms with Crippen LogP contribution in [0.15, 0.2) is 40.9 Å². The number of nitrogens with one attached hydrogen (secondary N) is 1. The van der Waals surface area contributed by atoms with E-state index in [9.17, 15) is 0 Å². The normalized spacial score (nSPS) is 10.5. The summed E-state index contributed by atoms with van der Waals surface area (Å²) in [5, 5.41) is 3.83. The van der Waals surface area contributed by atoms with Crippen molar-refractivity contribution in [3.05, 3.63) is 57.0 Å². The van der Waals surface area contributed by atoms with Crippen LogP contribution >= 0.6 is 27.5 Å². The van der Waals surface area contributed by atoms with Gasteiger partial charge >= 0.3 is 0 Å². The minimum Gasteiger partial charge on any atom is -0.457 e. The van der Waals surface area contributed by atoms with Crippen molar-refractivity contribution in [3.63, 3.8) is 0 Å². The third kappa shape index (κ3) is 3.72. The molecule has 0 radical (unpaired) electrons. The van der Waals surface area contributed by atoms with Crippen molar-refractivity contribution < 1.29 is 4.74 Å². The first-order valence-electron chi connectivity index (χ1n) is 5.97. The number of benzene rings is 2. The third-order valence-electron chi connectivity index (χ3n) is 2.75. The highest BCUT2D eigenvalue weighted by Crippen LogP contribution is 2.31. The highest BCUT2D eigenvalue weighted by molar-refractivity contribution is 9.10. The molecule has 0 spiro atoms. The molecule has 0 saturated carbocycles. The van der Waals surface area contributed by atoms with Crippen LogP contribution in [-0.2, 0) is 6.54 Å². The van der Waals surface area contributed by atoms with Gasteiger partial charge in [-0.05, 0) is 55.9 Å². The summed E-state index contributed by atoms with van der Waals surface area (Å²) < 4.78 is 7.03. The Hall–Kier alpha value is -1.03. The fourth-order valence-electron chi connectivity index (χ4n) is 1.82. The van der Waals surface area contributed by atoms with Crippen molar-refractivity contribution in [1.82, 2.24) is 5.32 Å². The lowest BCUT2D eigenvalue weighted by molar-refractivity contribution is 0.470. The first-order valence-corrected chi connectivity index (χ1v) is 7.14. The molecule has 19 heavy (non-hydrogen) atoms. The molecule has 0 heterocycles. The lowest BCUT2D eigenvalue weighted by atomic mass is 10.2. The van der Waals surface area contributed by atoms with Crippen LogP contribution in [0, 0.1) is 6.92 Å². The molecule has 0 aliphatic rings. The van der Waals surface area contributed by atoms with E-state index in [1.807, 2.05) is 50.4 Å². The zero-order valence-electron chi connectivity index (χ0n) is 10.8. The van der Waals surface area contributed by atoms with Crippen molar-refractivity contribution in [3.8, 4) is 11.5 Å².